The molecule has 10 heteroatoms. The molecule has 5 rings (SSSR count). The monoisotopic (exact) mass is 474 g/mol. The number of fused-ring (bicyclic) bond motifs is 3. The fraction of sp³-hybridized carbons (Fsp3) is 0.240. The number of rotatable bonds is 8. The van der Waals surface area contributed by atoms with Crippen molar-refractivity contribution in [3.05, 3.63) is 88.3 Å². The highest BCUT2D eigenvalue weighted by Crippen LogP contribution is 2.26. The lowest BCUT2D eigenvalue weighted by molar-refractivity contribution is -0.121. The molecule has 0 saturated heterocycles. The van der Waals surface area contributed by atoms with E-state index in [1.165, 1.54) is 23.0 Å². The highest BCUT2D eigenvalue weighted by Gasteiger charge is 2.20. The Morgan fingerprint density at radius 2 is 2.00 bits per heavy atom. The van der Waals surface area contributed by atoms with Gasteiger partial charge in [0.15, 0.2) is 5.82 Å². The Labute approximate surface area is 199 Å². The number of hydrogen-bond acceptors (Lipinski definition) is 6. The summed E-state index contributed by atoms with van der Waals surface area (Å²) in [6.45, 7) is 2.27. The number of carbonyl (C=O) groups excluding carboxylic acids is 1. The van der Waals surface area contributed by atoms with E-state index in [9.17, 15) is 14.0 Å². The standard InChI is InChI=1S/C25H23FN6O3/c1-2-6-20-29-22(35-30-20)14-31-15-28-23-18-11-17(26)9-10-19(18)32(24(23)25(31)34)13-21(33)27-12-16-7-4-3-5-8-16/h3-5,7-11,15H,2,6,12-14H2,1H3,(H,27,33). The van der Waals surface area contributed by atoms with E-state index in [1.807, 2.05) is 37.3 Å². The molecule has 0 aliphatic rings. The third kappa shape index (κ3) is 4.54. The molecule has 3 aromatic heterocycles. The number of halogens is 1. The van der Waals surface area contributed by atoms with E-state index >= 15 is 0 Å². The van der Waals surface area contributed by atoms with Gasteiger partial charge in [-0.05, 0) is 30.2 Å². The maximum Gasteiger partial charge on any atom is 0.278 e. The number of hydrogen-bond donors (Lipinski definition) is 1. The van der Waals surface area contributed by atoms with Gasteiger partial charge in [-0.1, -0.05) is 42.4 Å². The van der Waals surface area contributed by atoms with E-state index in [2.05, 4.69) is 20.4 Å². The van der Waals surface area contributed by atoms with Gasteiger partial charge in [0.1, 0.15) is 29.9 Å². The quantitative estimate of drug-likeness (QED) is 0.370. The molecular weight excluding hydrogens is 451 g/mol. The van der Waals surface area contributed by atoms with Crippen LogP contribution in [0.5, 0.6) is 0 Å². The normalized spacial score (nSPS) is 11.4. The first-order chi connectivity index (χ1) is 17.0. The second-order valence-electron chi connectivity index (χ2n) is 8.24. The Balaban J connectivity index is 1.52. The lowest BCUT2D eigenvalue weighted by Gasteiger charge is -2.09. The van der Waals surface area contributed by atoms with Gasteiger partial charge in [-0.3, -0.25) is 14.2 Å². The summed E-state index contributed by atoms with van der Waals surface area (Å²) in [5.74, 6) is 0.119. The number of amides is 1. The van der Waals surface area contributed by atoms with Crippen LogP contribution in [0, 0.1) is 5.82 Å². The van der Waals surface area contributed by atoms with E-state index in [0.717, 1.165) is 12.0 Å². The molecule has 0 radical (unpaired) electrons. The minimum Gasteiger partial charge on any atom is -0.350 e. The number of nitrogens with one attached hydrogen (secondary N) is 1. The molecule has 5 aromatic rings. The van der Waals surface area contributed by atoms with Crippen LogP contribution in [0.2, 0.25) is 0 Å². The molecule has 0 bridgehead atoms. The second-order valence-corrected chi connectivity index (χ2v) is 8.24. The number of nitrogens with zero attached hydrogens (tertiary/aromatic N) is 5. The zero-order valence-electron chi connectivity index (χ0n) is 19.1. The van der Waals surface area contributed by atoms with Crippen LogP contribution in [0.15, 0.2) is 64.2 Å². The summed E-state index contributed by atoms with van der Waals surface area (Å²) in [4.78, 5) is 35.0. The van der Waals surface area contributed by atoms with Crippen molar-refractivity contribution in [2.24, 2.45) is 0 Å². The SMILES string of the molecule is CCCc1noc(Cn2cnc3c4cc(F)ccc4n(CC(=O)NCc4ccccc4)c3c2=O)n1. The van der Waals surface area contributed by atoms with Gasteiger partial charge in [0, 0.05) is 18.4 Å². The molecule has 0 saturated carbocycles. The molecule has 1 amide bonds. The second kappa shape index (κ2) is 9.49. The van der Waals surface area contributed by atoms with Gasteiger partial charge in [0.05, 0.1) is 11.8 Å². The van der Waals surface area contributed by atoms with Crippen LogP contribution in [0.4, 0.5) is 4.39 Å². The van der Waals surface area contributed by atoms with Gasteiger partial charge in [0.25, 0.3) is 5.56 Å². The Morgan fingerprint density at radius 3 is 2.80 bits per heavy atom. The summed E-state index contributed by atoms with van der Waals surface area (Å²) in [7, 11) is 0. The summed E-state index contributed by atoms with van der Waals surface area (Å²) in [5, 5.41) is 7.25. The predicted molar refractivity (Wildman–Crippen MR) is 127 cm³/mol. The molecule has 2 aromatic carbocycles. The first-order valence-electron chi connectivity index (χ1n) is 11.3. The van der Waals surface area contributed by atoms with Crippen LogP contribution in [-0.4, -0.2) is 30.2 Å². The lowest BCUT2D eigenvalue weighted by atomic mass is 10.2. The number of benzene rings is 2. The van der Waals surface area contributed by atoms with Crippen LogP contribution in [0.1, 0.15) is 30.6 Å². The minimum atomic E-state index is -0.453. The maximum atomic E-state index is 14.0. The summed E-state index contributed by atoms with van der Waals surface area (Å²) >= 11 is 0. The van der Waals surface area contributed by atoms with Crippen LogP contribution >= 0.6 is 0 Å². The Hall–Kier alpha value is -4.34. The molecule has 0 fully saturated rings. The van der Waals surface area contributed by atoms with Crippen LogP contribution < -0.4 is 10.9 Å². The Morgan fingerprint density at radius 1 is 1.17 bits per heavy atom. The minimum absolute atomic E-state index is 0.0363. The van der Waals surface area contributed by atoms with Gasteiger partial charge < -0.3 is 14.4 Å². The van der Waals surface area contributed by atoms with Crippen LogP contribution in [0.25, 0.3) is 21.9 Å². The molecular formula is C25H23FN6O3. The average Bonchev–Trinajstić information content (AvgIpc) is 3.42. The van der Waals surface area contributed by atoms with Crippen LogP contribution in [0.3, 0.4) is 0 Å². The fourth-order valence-corrected chi connectivity index (χ4v) is 4.07. The van der Waals surface area contributed by atoms with Crippen molar-refractivity contribution in [2.45, 2.75) is 39.4 Å². The van der Waals surface area contributed by atoms with Gasteiger partial charge >= 0.3 is 0 Å². The topological polar surface area (TPSA) is 108 Å². The summed E-state index contributed by atoms with van der Waals surface area (Å²) in [5.41, 5.74) is 1.64. The van der Waals surface area contributed by atoms with Crippen molar-refractivity contribution in [3.63, 3.8) is 0 Å². The number of carbonyl (C=O) groups is 1. The number of aromatic nitrogens is 5. The number of aryl methyl sites for hydroxylation is 1. The van der Waals surface area contributed by atoms with Gasteiger partial charge in [0.2, 0.25) is 11.8 Å². The molecule has 0 spiro atoms. The Kier molecular flexibility index (Phi) is 6.09. The van der Waals surface area contributed by atoms with Gasteiger partial charge in [-0.25, -0.2) is 9.37 Å². The van der Waals surface area contributed by atoms with Crippen molar-refractivity contribution in [1.29, 1.82) is 0 Å². The summed E-state index contributed by atoms with van der Waals surface area (Å²) < 4.78 is 22.2. The van der Waals surface area contributed by atoms with Crippen molar-refractivity contribution in [3.8, 4) is 0 Å². The molecule has 0 atom stereocenters. The highest BCUT2D eigenvalue weighted by molar-refractivity contribution is 6.06. The summed E-state index contributed by atoms with van der Waals surface area (Å²) in [6.07, 6.45) is 2.92. The molecule has 0 unspecified atom stereocenters. The molecule has 35 heavy (non-hydrogen) atoms. The highest BCUT2D eigenvalue weighted by atomic mass is 19.1. The zero-order chi connectivity index (χ0) is 24.4. The van der Waals surface area contributed by atoms with E-state index in [-0.39, 0.29) is 30.4 Å². The van der Waals surface area contributed by atoms with Crippen molar-refractivity contribution >= 4 is 27.8 Å². The molecule has 9 nitrogen and oxygen atoms in total. The van der Waals surface area contributed by atoms with Crippen molar-refractivity contribution in [2.75, 3.05) is 0 Å². The van der Waals surface area contributed by atoms with Gasteiger partial charge in [-0.2, -0.15) is 4.98 Å². The molecule has 0 aliphatic carbocycles. The molecule has 0 aliphatic heterocycles. The van der Waals surface area contributed by atoms with Crippen LogP contribution in [-0.2, 0) is 30.8 Å². The van der Waals surface area contributed by atoms with Gasteiger partial charge in [-0.15, -0.1) is 0 Å². The third-order valence-corrected chi connectivity index (χ3v) is 5.71. The first kappa shape index (κ1) is 22.5. The molecule has 3 heterocycles. The van der Waals surface area contributed by atoms with Crippen molar-refractivity contribution < 1.29 is 13.7 Å². The molecule has 1 N–H and O–H groups in total. The van der Waals surface area contributed by atoms with Crippen molar-refractivity contribution in [1.82, 2.24) is 29.6 Å². The fourth-order valence-electron chi connectivity index (χ4n) is 4.07. The summed E-state index contributed by atoms with van der Waals surface area (Å²) in [6, 6.07) is 13.7. The van der Waals surface area contributed by atoms with E-state index < -0.39 is 11.4 Å². The predicted octanol–water partition coefficient (Wildman–Crippen LogP) is 3.19. The zero-order valence-corrected chi connectivity index (χ0v) is 19.1. The van der Waals surface area contributed by atoms with E-state index in [0.29, 0.717) is 35.2 Å². The van der Waals surface area contributed by atoms with E-state index in [1.54, 1.807) is 10.6 Å². The Bertz CT molecular complexity index is 1570. The average molecular weight is 474 g/mol. The van der Waals surface area contributed by atoms with E-state index in [4.69, 9.17) is 4.52 Å². The maximum absolute atomic E-state index is 14.0. The largest absolute Gasteiger partial charge is 0.350 e. The smallest absolute Gasteiger partial charge is 0.278 e. The molecule has 178 valence electrons. The lowest BCUT2D eigenvalue weighted by Crippen LogP contribution is -2.29. The first-order valence-corrected chi connectivity index (χ1v) is 11.3. The third-order valence-electron chi connectivity index (χ3n) is 5.71.